The average Bonchev–Trinajstić information content (AvgIpc) is 3.55. The van der Waals surface area contributed by atoms with Crippen molar-refractivity contribution < 1.29 is 42.0 Å². The third-order valence-electron chi connectivity index (χ3n) is 7.05. The number of halogens is 4. The third-order valence-corrected chi connectivity index (χ3v) is 7.05. The molecule has 2 fully saturated rings. The number of rotatable bonds is 8. The smallest absolute Gasteiger partial charge is 0.268 e. The highest BCUT2D eigenvalue weighted by molar-refractivity contribution is 5.60. The highest BCUT2D eigenvalue weighted by Crippen LogP contribution is 2.36. The minimum absolute atomic E-state index is 0.00934. The van der Waals surface area contributed by atoms with E-state index in [1.54, 1.807) is 6.07 Å². The van der Waals surface area contributed by atoms with Crippen molar-refractivity contribution in [3.05, 3.63) is 47.4 Å². The van der Waals surface area contributed by atoms with E-state index in [-0.39, 0.29) is 36.6 Å². The Balaban J connectivity index is 1.43. The molecule has 4 heterocycles. The maximum absolute atomic E-state index is 14.6. The van der Waals surface area contributed by atoms with E-state index < -0.39 is 66.2 Å². The molecule has 16 heteroatoms. The summed E-state index contributed by atoms with van der Waals surface area (Å²) >= 11 is 0. The predicted molar refractivity (Wildman–Crippen MR) is 120 cm³/mol. The number of nitriles is 1. The fraction of sp³-hybridized carbons (Fsp3) is 0.522. The Bertz CT molecular complexity index is 1380. The molecule has 2 saturated heterocycles. The van der Waals surface area contributed by atoms with Gasteiger partial charge in [0.2, 0.25) is 0 Å². The molecule has 2 aliphatic rings. The molecule has 5 atom stereocenters. The molecule has 0 bridgehead atoms. The van der Waals surface area contributed by atoms with Gasteiger partial charge < -0.3 is 24.4 Å². The van der Waals surface area contributed by atoms with E-state index in [0.717, 1.165) is 10.7 Å². The Kier molecular flexibility index (Phi) is 7.35. The van der Waals surface area contributed by atoms with Crippen molar-refractivity contribution >= 4 is 0 Å². The summed E-state index contributed by atoms with van der Waals surface area (Å²) in [6.45, 7) is -1.01. The first kappa shape index (κ1) is 27.1. The molecule has 2 aromatic heterocycles. The molecule has 3 aromatic rings. The van der Waals surface area contributed by atoms with Crippen LogP contribution in [-0.2, 0) is 26.2 Å². The van der Waals surface area contributed by atoms with Gasteiger partial charge in [-0.2, -0.15) is 5.26 Å². The fourth-order valence-electron chi connectivity index (χ4n) is 4.79. The van der Waals surface area contributed by atoms with Gasteiger partial charge in [0.25, 0.3) is 6.43 Å². The Morgan fingerprint density at radius 3 is 2.56 bits per heavy atom. The third kappa shape index (κ3) is 4.55. The maximum atomic E-state index is 14.6. The molecule has 0 radical (unpaired) electrons. The van der Waals surface area contributed by atoms with Crippen LogP contribution in [0, 0.1) is 23.0 Å². The fourth-order valence-corrected chi connectivity index (χ4v) is 4.79. The number of nitrogens with zero attached hydrogens (tertiary/aromatic N) is 7. The van der Waals surface area contributed by atoms with Crippen LogP contribution in [0.1, 0.15) is 17.3 Å². The second-order valence-corrected chi connectivity index (χ2v) is 9.32. The number of benzene rings is 1. The van der Waals surface area contributed by atoms with E-state index in [4.69, 9.17) is 19.5 Å². The van der Waals surface area contributed by atoms with Gasteiger partial charge >= 0.3 is 0 Å². The first-order valence-electron chi connectivity index (χ1n) is 11.8. The summed E-state index contributed by atoms with van der Waals surface area (Å²) in [5, 5.41) is 45.4. The first-order chi connectivity index (χ1) is 18.7. The van der Waals surface area contributed by atoms with Gasteiger partial charge in [0.05, 0.1) is 43.4 Å². The van der Waals surface area contributed by atoms with Gasteiger partial charge in [-0.3, -0.25) is 0 Å². The topological polar surface area (TPSA) is 153 Å². The van der Waals surface area contributed by atoms with Crippen LogP contribution in [0.15, 0.2) is 24.5 Å². The molecule has 39 heavy (non-hydrogen) atoms. The van der Waals surface area contributed by atoms with Gasteiger partial charge in [-0.1, -0.05) is 10.4 Å². The summed E-state index contributed by atoms with van der Waals surface area (Å²) in [7, 11) is 1.35. The summed E-state index contributed by atoms with van der Waals surface area (Å²) in [4.78, 5) is 0. The number of hydrogen-bond acceptors (Lipinski definition) is 10. The lowest BCUT2D eigenvalue weighted by atomic mass is 9.90. The van der Waals surface area contributed by atoms with Gasteiger partial charge in [0.15, 0.2) is 17.2 Å². The molecule has 208 valence electrons. The van der Waals surface area contributed by atoms with Gasteiger partial charge in [-0.25, -0.2) is 26.9 Å². The Morgan fingerprint density at radius 2 is 1.95 bits per heavy atom. The molecular formula is C23H23F4N7O5. The minimum atomic E-state index is -2.73. The van der Waals surface area contributed by atoms with Gasteiger partial charge in [0.1, 0.15) is 36.1 Å². The largest absolute Gasteiger partial charge is 0.394 e. The second kappa shape index (κ2) is 10.6. The number of aliphatic hydroxyl groups excluding tert-OH is 2. The summed E-state index contributed by atoms with van der Waals surface area (Å²) in [6, 6.07) is 2.82. The lowest BCUT2D eigenvalue weighted by molar-refractivity contribution is -0.212. The molecule has 12 nitrogen and oxygen atoms in total. The molecule has 0 aliphatic carbocycles. The first-order valence-corrected chi connectivity index (χ1v) is 11.8. The normalized spacial score (nSPS) is 26.4. The van der Waals surface area contributed by atoms with E-state index in [1.165, 1.54) is 30.3 Å². The number of aliphatic hydroxyl groups is 2. The van der Waals surface area contributed by atoms with E-state index in [0.29, 0.717) is 0 Å². The summed E-state index contributed by atoms with van der Waals surface area (Å²) in [6.07, 6.45) is -4.36. The Hall–Kier alpha value is -3.49. The zero-order valence-electron chi connectivity index (χ0n) is 20.4. The molecule has 0 unspecified atom stereocenters. The summed E-state index contributed by atoms with van der Waals surface area (Å²) < 4.78 is 74.8. The molecule has 2 N–H and O–H groups in total. The quantitative estimate of drug-likeness (QED) is 0.379. The standard InChI is InChI=1S/C23H23F4N7O5/c1-37-21-15(4-12-6-34(32-29-12)23(22(26)27)9-38-10-23)39-16(8-35)20(36)19(21)33-7-14(30-31-33)13-3-2-11(5-28)17(24)18(13)25/h2-3,6-7,15-16,19-22,35-36H,4,8-10H2,1H3/t15-,16-,19+,20+,21+/m1/s1. The lowest BCUT2D eigenvalue weighted by Gasteiger charge is -2.43. The van der Waals surface area contributed by atoms with E-state index >= 15 is 0 Å². The van der Waals surface area contributed by atoms with Crippen LogP contribution >= 0.6 is 0 Å². The maximum Gasteiger partial charge on any atom is 0.268 e. The second-order valence-electron chi connectivity index (χ2n) is 9.32. The predicted octanol–water partition coefficient (Wildman–Crippen LogP) is 0.596. The van der Waals surface area contributed by atoms with E-state index in [9.17, 15) is 27.8 Å². The zero-order chi connectivity index (χ0) is 27.9. The van der Waals surface area contributed by atoms with Crippen LogP contribution in [0.2, 0.25) is 0 Å². The van der Waals surface area contributed by atoms with Crippen LogP contribution in [0.5, 0.6) is 0 Å². The Labute approximate surface area is 218 Å². The summed E-state index contributed by atoms with van der Waals surface area (Å²) in [5.74, 6) is -2.62. The number of hydrogen-bond donors (Lipinski definition) is 2. The van der Waals surface area contributed by atoms with Crippen molar-refractivity contribution in [1.82, 2.24) is 30.0 Å². The van der Waals surface area contributed by atoms with Crippen molar-refractivity contribution in [3.63, 3.8) is 0 Å². The van der Waals surface area contributed by atoms with Gasteiger partial charge in [0, 0.05) is 25.3 Å². The lowest BCUT2D eigenvalue weighted by Crippen LogP contribution is -2.57. The van der Waals surface area contributed by atoms with Crippen LogP contribution in [0.3, 0.4) is 0 Å². The number of ether oxygens (including phenoxy) is 3. The highest BCUT2D eigenvalue weighted by Gasteiger charge is 2.51. The Morgan fingerprint density at radius 1 is 1.18 bits per heavy atom. The van der Waals surface area contributed by atoms with Gasteiger partial charge in [-0.15, -0.1) is 10.2 Å². The van der Waals surface area contributed by atoms with Crippen molar-refractivity contribution in [3.8, 4) is 17.3 Å². The molecule has 0 saturated carbocycles. The van der Waals surface area contributed by atoms with Gasteiger partial charge in [-0.05, 0) is 12.1 Å². The van der Waals surface area contributed by atoms with Crippen molar-refractivity contribution in [1.29, 1.82) is 5.26 Å². The van der Waals surface area contributed by atoms with Crippen molar-refractivity contribution in [2.45, 2.75) is 48.8 Å². The van der Waals surface area contributed by atoms with E-state index in [1.807, 2.05) is 0 Å². The molecule has 0 amide bonds. The van der Waals surface area contributed by atoms with Crippen LogP contribution in [0.25, 0.3) is 11.3 Å². The van der Waals surface area contributed by atoms with E-state index in [2.05, 4.69) is 20.6 Å². The molecule has 5 rings (SSSR count). The van der Waals surface area contributed by atoms with Crippen molar-refractivity contribution in [2.75, 3.05) is 26.9 Å². The number of aromatic nitrogens is 6. The highest BCUT2D eigenvalue weighted by atomic mass is 19.3. The van der Waals surface area contributed by atoms with Crippen LogP contribution in [0.4, 0.5) is 17.6 Å². The monoisotopic (exact) mass is 553 g/mol. The SMILES string of the molecule is CO[C@@H]1[C@@H](n2cc(-c3ccc(C#N)c(F)c3F)nn2)[C@@H](O)[C@@H](CO)O[C@@H]1Cc1cn(C2(C(F)F)COC2)nn1. The van der Waals surface area contributed by atoms with Crippen molar-refractivity contribution in [2.24, 2.45) is 0 Å². The van der Waals surface area contributed by atoms with Crippen LogP contribution in [-0.4, -0.2) is 98.0 Å². The zero-order valence-corrected chi connectivity index (χ0v) is 20.4. The minimum Gasteiger partial charge on any atom is -0.394 e. The molecule has 0 spiro atoms. The number of alkyl halides is 2. The number of methoxy groups -OCH3 is 1. The molecule has 1 aromatic carbocycles. The molecular weight excluding hydrogens is 530 g/mol. The average molecular weight is 553 g/mol. The summed E-state index contributed by atoms with van der Waals surface area (Å²) in [5.41, 5.74) is -2.13. The molecule has 2 aliphatic heterocycles. The van der Waals surface area contributed by atoms with Crippen LogP contribution < -0.4 is 0 Å².